The summed E-state index contributed by atoms with van der Waals surface area (Å²) >= 11 is 1.26. The molecule has 0 spiro atoms. The number of rotatable bonds is 6. The zero-order chi connectivity index (χ0) is 29.2. The molecular formula is C33H27N3O5S. The Morgan fingerprint density at radius 1 is 0.810 bits per heavy atom. The standard InChI is InChI=1S/C33H27N3O5S/c34-25-9-3-6-12-28(25)42-29-19-30(37)35(32(29)39)24-17-15-23(16-18-24)33(40)41-20-31(38)36-26-10-4-1-7-21(26)13-14-22-8-2-5-11-27(22)36/h1-12,15-18,29H,13-14,19-20,34H2/t29-/m1/s1. The number of para-hydroxylation sites is 3. The third-order valence-electron chi connectivity index (χ3n) is 7.36. The third-order valence-corrected chi connectivity index (χ3v) is 8.64. The van der Waals surface area contributed by atoms with Crippen LogP contribution in [-0.2, 0) is 32.0 Å². The number of amides is 3. The van der Waals surface area contributed by atoms with Gasteiger partial charge in [0, 0.05) is 17.0 Å². The zero-order valence-electron chi connectivity index (χ0n) is 22.6. The van der Waals surface area contributed by atoms with E-state index in [0.717, 1.165) is 45.1 Å². The maximum Gasteiger partial charge on any atom is 0.338 e. The van der Waals surface area contributed by atoms with Gasteiger partial charge in [-0.3, -0.25) is 19.3 Å². The number of hydrogen-bond acceptors (Lipinski definition) is 7. The monoisotopic (exact) mass is 577 g/mol. The molecule has 6 rings (SSSR count). The summed E-state index contributed by atoms with van der Waals surface area (Å²) in [6.07, 6.45) is 1.64. The number of carbonyl (C=O) groups excluding carboxylic acids is 4. The van der Waals surface area contributed by atoms with Crippen LogP contribution in [0.25, 0.3) is 0 Å². The van der Waals surface area contributed by atoms with Crippen molar-refractivity contribution in [2.45, 2.75) is 29.4 Å². The summed E-state index contributed by atoms with van der Waals surface area (Å²) in [5.74, 6) is -1.71. The number of aryl methyl sites for hydroxylation is 2. The first-order chi connectivity index (χ1) is 20.4. The second kappa shape index (κ2) is 11.5. The van der Waals surface area contributed by atoms with Crippen molar-refractivity contribution in [3.05, 3.63) is 114 Å². The van der Waals surface area contributed by atoms with Crippen LogP contribution in [0, 0.1) is 0 Å². The van der Waals surface area contributed by atoms with Gasteiger partial charge in [-0.25, -0.2) is 9.69 Å². The van der Waals surface area contributed by atoms with Gasteiger partial charge in [-0.2, -0.15) is 0 Å². The molecular weight excluding hydrogens is 550 g/mol. The largest absolute Gasteiger partial charge is 0.452 e. The van der Waals surface area contributed by atoms with Crippen LogP contribution in [0.4, 0.5) is 22.7 Å². The predicted octanol–water partition coefficient (Wildman–Crippen LogP) is 5.31. The molecule has 1 saturated heterocycles. The fourth-order valence-electron chi connectivity index (χ4n) is 5.28. The minimum Gasteiger partial charge on any atom is -0.452 e. The van der Waals surface area contributed by atoms with E-state index in [9.17, 15) is 19.2 Å². The summed E-state index contributed by atoms with van der Waals surface area (Å²) < 4.78 is 5.42. The Hall–Kier alpha value is -4.89. The number of hydrogen-bond donors (Lipinski definition) is 1. The lowest BCUT2D eigenvalue weighted by atomic mass is 10.0. The van der Waals surface area contributed by atoms with Gasteiger partial charge in [0.05, 0.1) is 27.9 Å². The summed E-state index contributed by atoms with van der Waals surface area (Å²) in [5.41, 5.74) is 10.8. The number of nitrogen functional groups attached to an aromatic ring is 1. The Balaban J connectivity index is 1.13. The zero-order valence-corrected chi connectivity index (χ0v) is 23.4. The number of thioether (sulfide) groups is 1. The lowest BCUT2D eigenvalue weighted by molar-refractivity contribution is -0.122. The van der Waals surface area contributed by atoms with Crippen molar-refractivity contribution < 1.29 is 23.9 Å². The Labute approximate surface area is 247 Å². The van der Waals surface area contributed by atoms with Crippen LogP contribution in [0.3, 0.4) is 0 Å². The Morgan fingerprint density at radius 3 is 2.05 bits per heavy atom. The quantitative estimate of drug-likeness (QED) is 0.188. The predicted molar refractivity (Wildman–Crippen MR) is 162 cm³/mol. The molecule has 9 heteroatoms. The van der Waals surface area contributed by atoms with Gasteiger partial charge in [0.2, 0.25) is 11.8 Å². The van der Waals surface area contributed by atoms with E-state index < -0.39 is 17.8 Å². The van der Waals surface area contributed by atoms with Gasteiger partial charge in [-0.1, -0.05) is 48.5 Å². The van der Waals surface area contributed by atoms with Crippen molar-refractivity contribution >= 4 is 58.2 Å². The second-order valence-electron chi connectivity index (χ2n) is 10.0. The molecule has 1 fully saturated rings. The molecule has 0 unspecified atom stereocenters. The molecule has 0 aromatic heterocycles. The van der Waals surface area contributed by atoms with E-state index in [1.54, 1.807) is 11.0 Å². The molecule has 3 amide bonds. The van der Waals surface area contributed by atoms with Crippen LogP contribution in [0.1, 0.15) is 27.9 Å². The summed E-state index contributed by atoms with van der Waals surface area (Å²) in [6.45, 7) is -0.451. The number of anilines is 4. The highest BCUT2D eigenvalue weighted by Crippen LogP contribution is 2.37. The van der Waals surface area contributed by atoms with E-state index in [4.69, 9.17) is 10.5 Å². The normalized spacial score (nSPS) is 16.0. The van der Waals surface area contributed by atoms with Gasteiger partial charge >= 0.3 is 5.97 Å². The highest BCUT2D eigenvalue weighted by Gasteiger charge is 2.40. The Kier molecular flexibility index (Phi) is 7.50. The van der Waals surface area contributed by atoms with Gasteiger partial charge in [0.15, 0.2) is 6.61 Å². The van der Waals surface area contributed by atoms with Gasteiger partial charge < -0.3 is 10.5 Å². The summed E-state index contributed by atoms with van der Waals surface area (Å²) in [7, 11) is 0. The fourth-order valence-corrected chi connectivity index (χ4v) is 6.38. The molecule has 210 valence electrons. The van der Waals surface area contributed by atoms with Crippen LogP contribution in [0.15, 0.2) is 102 Å². The van der Waals surface area contributed by atoms with E-state index in [2.05, 4.69) is 0 Å². The fraction of sp³-hybridized carbons (Fsp3) is 0.152. The van der Waals surface area contributed by atoms with E-state index in [1.807, 2.05) is 66.7 Å². The highest BCUT2D eigenvalue weighted by atomic mass is 32.2. The van der Waals surface area contributed by atoms with E-state index in [0.29, 0.717) is 11.4 Å². The lowest BCUT2D eigenvalue weighted by Crippen LogP contribution is -2.31. The van der Waals surface area contributed by atoms with Crippen molar-refractivity contribution in [1.82, 2.24) is 0 Å². The third kappa shape index (κ3) is 5.26. The number of imide groups is 1. The molecule has 0 radical (unpaired) electrons. The minimum atomic E-state index is -0.682. The maximum absolute atomic E-state index is 13.5. The summed E-state index contributed by atoms with van der Waals surface area (Å²) in [4.78, 5) is 55.7. The lowest BCUT2D eigenvalue weighted by Gasteiger charge is -2.24. The summed E-state index contributed by atoms with van der Waals surface area (Å²) in [5, 5.41) is -0.591. The highest BCUT2D eigenvalue weighted by molar-refractivity contribution is 8.00. The number of fused-ring (bicyclic) bond motifs is 2. The molecule has 0 aliphatic carbocycles. The van der Waals surface area contributed by atoms with Crippen molar-refractivity contribution in [1.29, 1.82) is 0 Å². The van der Waals surface area contributed by atoms with Crippen LogP contribution >= 0.6 is 11.8 Å². The molecule has 2 heterocycles. The van der Waals surface area contributed by atoms with Crippen molar-refractivity contribution in [3.63, 3.8) is 0 Å². The number of ether oxygens (including phenoxy) is 1. The van der Waals surface area contributed by atoms with Crippen LogP contribution in [0.2, 0.25) is 0 Å². The minimum absolute atomic E-state index is 0.0481. The SMILES string of the molecule is Nc1ccccc1S[C@@H]1CC(=O)N(c2ccc(C(=O)OCC(=O)N3c4ccccc4CCc4ccccc43)cc2)C1=O. The number of carbonyl (C=O) groups is 4. The van der Waals surface area contributed by atoms with Crippen molar-refractivity contribution in [2.24, 2.45) is 0 Å². The molecule has 0 saturated carbocycles. The first-order valence-electron chi connectivity index (χ1n) is 13.5. The molecule has 4 aromatic carbocycles. The van der Waals surface area contributed by atoms with Gasteiger partial charge in [-0.05, 0) is 72.5 Å². The van der Waals surface area contributed by atoms with Gasteiger partial charge in [-0.15, -0.1) is 11.8 Å². The van der Waals surface area contributed by atoms with E-state index in [1.165, 1.54) is 36.0 Å². The molecule has 2 aliphatic heterocycles. The summed E-state index contributed by atoms with van der Waals surface area (Å²) in [6, 6.07) is 28.7. The van der Waals surface area contributed by atoms with Gasteiger partial charge in [0.25, 0.3) is 5.91 Å². The first-order valence-corrected chi connectivity index (χ1v) is 14.4. The van der Waals surface area contributed by atoms with Crippen LogP contribution in [0.5, 0.6) is 0 Å². The molecule has 1 atom stereocenters. The number of nitrogens with zero attached hydrogens (tertiary/aromatic N) is 2. The topological polar surface area (TPSA) is 110 Å². The van der Waals surface area contributed by atoms with Crippen molar-refractivity contribution in [3.8, 4) is 0 Å². The molecule has 8 nitrogen and oxygen atoms in total. The average Bonchev–Trinajstić information content (AvgIpc) is 3.18. The molecule has 2 aliphatic rings. The maximum atomic E-state index is 13.5. The Bertz CT molecular complexity index is 1660. The van der Waals surface area contributed by atoms with Crippen molar-refractivity contribution in [2.75, 3.05) is 22.1 Å². The molecule has 42 heavy (non-hydrogen) atoms. The smallest absolute Gasteiger partial charge is 0.338 e. The van der Waals surface area contributed by atoms with E-state index >= 15 is 0 Å². The first kappa shape index (κ1) is 27.3. The molecule has 4 aromatic rings. The molecule has 0 bridgehead atoms. The molecule has 2 N–H and O–H groups in total. The van der Waals surface area contributed by atoms with Crippen LogP contribution in [-0.4, -0.2) is 35.5 Å². The van der Waals surface area contributed by atoms with Gasteiger partial charge in [0.1, 0.15) is 0 Å². The Morgan fingerprint density at radius 2 is 1.40 bits per heavy atom. The second-order valence-corrected chi connectivity index (χ2v) is 11.3. The average molecular weight is 578 g/mol. The van der Waals surface area contributed by atoms with E-state index in [-0.39, 0.29) is 29.7 Å². The number of esters is 1. The number of nitrogens with two attached hydrogens (primary N) is 1. The van der Waals surface area contributed by atoms with Crippen LogP contribution < -0.4 is 15.5 Å². The number of benzene rings is 4.